The standard InChI is InChI=1S/C14H31NO/c1-5-9-15-12-14(11-13(2)3)8-6-7-10-16-4/h13-15H,5-12H2,1-4H3. The molecule has 1 N–H and O–H groups in total. The number of rotatable bonds is 11. The van der Waals surface area contributed by atoms with Gasteiger partial charge in [-0.25, -0.2) is 0 Å². The lowest BCUT2D eigenvalue weighted by Gasteiger charge is -2.19. The monoisotopic (exact) mass is 229 g/mol. The van der Waals surface area contributed by atoms with Gasteiger partial charge in [0, 0.05) is 13.7 Å². The van der Waals surface area contributed by atoms with Crippen molar-refractivity contribution in [3.63, 3.8) is 0 Å². The van der Waals surface area contributed by atoms with E-state index in [1.165, 1.54) is 38.6 Å². The summed E-state index contributed by atoms with van der Waals surface area (Å²) in [6.07, 6.45) is 6.44. The molecule has 0 aromatic heterocycles. The van der Waals surface area contributed by atoms with Crippen LogP contribution < -0.4 is 5.32 Å². The molecule has 0 bridgehead atoms. The van der Waals surface area contributed by atoms with E-state index < -0.39 is 0 Å². The van der Waals surface area contributed by atoms with Gasteiger partial charge < -0.3 is 10.1 Å². The first-order valence-electron chi connectivity index (χ1n) is 6.90. The van der Waals surface area contributed by atoms with Crippen molar-refractivity contribution in [3.8, 4) is 0 Å². The highest BCUT2D eigenvalue weighted by molar-refractivity contribution is 4.65. The van der Waals surface area contributed by atoms with Crippen LogP contribution in [0.5, 0.6) is 0 Å². The zero-order valence-corrected chi connectivity index (χ0v) is 11.7. The SMILES string of the molecule is CCCNCC(CCCCOC)CC(C)C. The molecule has 0 aromatic rings. The highest BCUT2D eigenvalue weighted by Gasteiger charge is 2.10. The number of methoxy groups -OCH3 is 1. The first kappa shape index (κ1) is 15.9. The van der Waals surface area contributed by atoms with Crippen LogP contribution in [0.25, 0.3) is 0 Å². The number of hydrogen-bond acceptors (Lipinski definition) is 2. The Morgan fingerprint density at radius 2 is 1.94 bits per heavy atom. The van der Waals surface area contributed by atoms with E-state index in [9.17, 15) is 0 Å². The second kappa shape index (κ2) is 11.4. The van der Waals surface area contributed by atoms with Crippen molar-refractivity contribution in [1.29, 1.82) is 0 Å². The molecule has 1 atom stereocenters. The van der Waals surface area contributed by atoms with Crippen molar-refractivity contribution in [1.82, 2.24) is 5.32 Å². The molecule has 0 spiro atoms. The summed E-state index contributed by atoms with van der Waals surface area (Å²) in [5.41, 5.74) is 0. The summed E-state index contributed by atoms with van der Waals surface area (Å²) < 4.78 is 5.09. The van der Waals surface area contributed by atoms with Crippen LogP contribution in [0, 0.1) is 11.8 Å². The van der Waals surface area contributed by atoms with Crippen molar-refractivity contribution < 1.29 is 4.74 Å². The number of unbranched alkanes of at least 4 members (excludes halogenated alkanes) is 1. The molecule has 0 saturated heterocycles. The minimum absolute atomic E-state index is 0.816. The fraction of sp³-hybridized carbons (Fsp3) is 1.00. The van der Waals surface area contributed by atoms with Gasteiger partial charge in [0.25, 0.3) is 0 Å². The largest absolute Gasteiger partial charge is 0.385 e. The zero-order valence-electron chi connectivity index (χ0n) is 11.7. The van der Waals surface area contributed by atoms with E-state index >= 15 is 0 Å². The smallest absolute Gasteiger partial charge is 0.0462 e. The molecule has 0 fully saturated rings. The molecule has 98 valence electrons. The molecule has 2 nitrogen and oxygen atoms in total. The number of nitrogens with one attached hydrogen (secondary N) is 1. The molecule has 0 aliphatic carbocycles. The van der Waals surface area contributed by atoms with Gasteiger partial charge in [0.2, 0.25) is 0 Å². The average Bonchev–Trinajstić information content (AvgIpc) is 2.23. The lowest BCUT2D eigenvalue weighted by atomic mass is 9.92. The van der Waals surface area contributed by atoms with Gasteiger partial charge in [0.1, 0.15) is 0 Å². The zero-order chi connectivity index (χ0) is 12.2. The van der Waals surface area contributed by atoms with E-state index in [1.807, 2.05) is 0 Å². The molecular weight excluding hydrogens is 198 g/mol. The average molecular weight is 229 g/mol. The van der Waals surface area contributed by atoms with Gasteiger partial charge in [-0.3, -0.25) is 0 Å². The summed E-state index contributed by atoms with van der Waals surface area (Å²) in [6.45, 7) is 10.1. The van der Waals surface area contributed by atoms with Crippen molar-refractivity contribution in [2.24, 2.45) is 11.8 Å². The third kappa shape index (κ3) is 10.4. The van der Waals surface area contributed by atoms with Crippen LogP contribution >= 0.6 is 0 Å². The normalized spacial score (nSPS) is 13.3. The molecule has 0 amide bonds. The minimum atomic E-state index is 0.816. The predicted molar refractivity (Wildman–Crippen MR) is 71.8 cm³/mol. The fourth-order valence-corrected chi connectivity index (χ4v) is 2.13. The summed E-state index contributed by atoms with van der Waals surface area (Å²) in [4.78, 5) is 0. The molecule has 16 heavy (non-hydrogen) atoms. The molecule has 0 heterocycles. The van der Waals surface area contributed by atoms with Crippen molar-refractivity contribution in [3.05, 3.63) is 0 Å². The van der Waals surface area contributed by atoms with Crippen LogP contribution in [0.1, 0.15) is 52.9 Å². The summed E-state index contributed by atoms with van der Waals surface area (Å²) in [5.74, 6) is 1.67. The van der Waals surface area contributed by atoms with E-state index in [4.69, 9.17) is 4.74 Å². The second-order valence-corrected chi connectivity index (χ2v) is 5.19. The quantitative estimate of drug-likeness (QED) is 0.548. The Balaban J connectivity index is 3.63. The first-order chi connectivity index (χ1) is 7.70. The fourth-order valence-electron chi connectivity index (χ4n) is 2.13. The highest BCUT2D eigenvalue weighted by Crippen LogP contribution is 2.17. The summed E-state index contributed by atoms with van der Waals surface area (Å²) in [6, 6.07) is 0. The van der Waals surface area contributed by atoms with Gasteiger partial charge in [0.05, 0.1) is 0 Å². The molecule has 2 heteroatoms. The Morgan fingerprint density at radius 1 is 1.19 bits per heavy atom. The van der Waals surface area contributed by atoms with Crippen LogP contribution in [0.15, 0.2) is 0 Å². The topological polar surface area (TPSA) is 21.3 Å². The van der Waals surface area contributed by atoms with Gasteiger partial charge in [0.15, 0.2) is 0 Å². The van der Waals surface area contributed by atoms with Gasteiger partial charge in [-0.15, -0.1) is 0 Å². The third-order valence-corrected chi connectivity index (χ3v) is 2.88. The Hall–Kier alpha value is -0.0800. The maximum absolute atomic E-state index is 5.09. The van der Waals surface area contributed by atoms with Crippen LogP contribution in [0.3, 0.4) is 0 Å². The Bertz CT molecular complexity index is 137. The Kier molecular flexibility index (Phi) is 11.3. The van der Waals surface area contributed by atoms with E-state index in [0.717, 1.165) is 25.0 Å². The lowest BCUT2D eigenvalue weighted by molar-refractivity contribution is 0.189. The first-order valence-corrected chi connectivity index (χ1v) is 6.90. The molecular formula is C14H31NO. The molecule has 0 saturated carbocycles. The Labute approximate surface area is 102 Å². The van der Waals surface area contributed by atoms with E-state index in [2.05, 4.69) is 26.1 Å². The summed E-state index contributed by atoms with van der Waals surface area (Å²) in [7, 11) is 1.79. The molecule has 1 unspecified atom stereocenters. The maximum Gasteiger partial charge on any atom is 0.0462 e. The number of hydrogen-bond donors (Lipinski definition) is 1. The van der Waals surface area contributed by atoms with E-state index in [-0.39, 0.29) is 0 Å². The van der Waals surface area contributed by atoms with Crippen LogP contribution in [-0.4, -0.2) is 26.8 Å². The molecule has 0 rings (SSSR count). The molecule has 0 radical (unpaired) electrons. The van der Waals surface area contributed by atoms with Crippen LogP contribution in [0.4, 0.5) is 0 Å². The van der Waals surface area contributed by atoms with Crippen molar-refractivity contribution in [2.75, 3.05) is 26.8 Å². The van der Waals surface area contributed by atoms with Crippen molar-refractivity contribution >= 4 is 0 Å². The van der Waals surface area contributed by atoms with Crippen LogP contribution in [0.2, 0.25) is 0 Å². The minimum Gasteiger partial charge on any atom is -0.385 e. The molecule has 0 aliphatic heterocycles. The van der Waals surface area contributed by atoms with E-state index in [0.29, 0.717) is 0 Å². The maximum atomic E-state index is 5.09. The number of ether oxygens (including phenoxy) is 1. The second-order valence-electron chi connectivity index (χ2n) is 5.19. The lowest BCUT2D eigenvalue weighted by Crippen LogP contribution is -2.24. The summed E-state index contributed by atoms with van der Waals surface area (Å²) in [5, 5.41) is 3.55. The van der Waals surface area contributed by atoms with E-state index in [1.54, 1.807) is 7.11 Å². The van der Waals surface area contributed by atoms with Gasteiger partial charge >= 0.3 is 0 Å². The molecule has 0 aromatic carbocycles. The summed E-state index contributed by atoms with van der Waals surface area (Å²) >= 11 is 0. The highest BCUT2D eigenvalue weighted by atomic mass is 16.5. The predicted octanol–water partition coefficient (Wildman–Crippen LogP) is 3.47. The van der Waals surface area contributed by atoms with Gasteiger partial charge in [-0.05, 0) is 50.6 Å². The molecule has 0 aliphatic rings. The van der Waals surface area contributed by atoms with Crippen LogP contribution in [-0.2, 0) is 4.74 Å². The third-order valence-electron chi connectivity index (χ3n) is 2.88. The Morgan fingerprint density at radius 3 is 2.50 bits per heavy atom. The van der Waals surface area contributed by atoms with Gasteiger partial charge in [-0.2, -0.15) is 0 Å². The van der Waals surface area contributed by atoms with Crippen molar-refractivity contribution in [2.45, 2.75) is 52.9 Å². The van der Waals surface area contributed by atoms with Gasteiger partial charge in [-0.1, -0.05) is 27.2 Å².